The summed E-state index contributed by atoms with van der Waals surface area (Å²) < 4.78 is 68.8. The van der Waals surface area contributed by atoms with Gasteiger partial charge in [0.25, 0.3) is 10.0 Å². The second-order valence-corrected chi connectivity index (χ2v) is 13.1. The molecule has 1 unspecified atom stereocenters. The van der Waals surface area contributed by atoms with Gasteiger partial charge in [-0.1, -0.05) is 17.4 Å². The number of thiazole rings is 1. The summed E-state index contributed by atoms with van der Waals surface area (Å²) in [5.41, 5.74) is -0.671. The Bertz CT molecular complexity index is 1540. The molecule has 2 aliphatic rings. The Balaban J connectivity index is 1.26. The van der Waals surface area contributed by atoms with Crippen molar-refractivity contribution in [3.63, 3.8) is 0 Å². The maximum atomic E-state index is 13.7. The highest BCUT2D eigenvalue weighted by Crippen LogP contribution is 2.41. The third-order valence-electron chi connectivity index (χ3n) is 6.78. The van der Waals surface area contributed by atoms with Crippen LogP contribution in [0.15, 0.2) is 22.4 Å². The molecule has 40 heavy (non-hydrogen) atoms. The van der Waals surface area contributed by atoms with Gasteiger partial charge < -0.3 is 10.4 Å². The molecule has 1 aliphatic heterocycles. The average Bonchev–Trinajstić information content (AvgIpc) is 3.65. The van der Waals surface area contributed by atoms with Crippen LogP contribution in [-0.2, 0) is 16.2 Å². The van der Waals surface area contributed by atoms with E-state index >= 15 is 0 Å². The summed E-state index contributed by atoms with van der Waals surface area (Å²) in [7, 11) is -3.85. The third kappa shape index (κ3) is 5.99. The molecule has 5 rings (SSSR count). The van der Waals surface area contributed by atoms with E-state index in [0.717, 1.165) is 30.2 Å². The fourth-order valence-electron chi connectivity index (χ4n) is 4.73. The first-order chi connectivity index (χ1) is 18.8. The molecule has 1 aromatic carbocycles. The smallest absolute Gasteiger partial charge is 0.418 e. The van der Waals surface area contributed by atoms with Gasteiger partial charge in [-0.3, -0.25) is 10.2 Å². The summed E-state index contributed by atoms with van der Waals surface area (Å²) in [5.74, 6) is 0.839. The molecule has 1 amide bonds. The van der Waals surface area contributed by atoms with E-state index in [2.05, 4.69) is 30.5 Å². The quantitative estimate of drug-likeness (QED) is 0.348. The number of sulfonamides is 1. The van der Waals surface area contributed by atoms with Crippen LogP contribution >= 0.6 is 11.3 Å². The molecule has 3 N–H and O–H groups in total. The van der Waals surface area contributed by atoms with Gasteiger partial charge in [0.15, 0.2) is 9.34 Å². The lowest BCUT2D eigenvalue weighted by Gasteiger charge is -2.35. The molecule has 16 heteroatoms. The number of alkyl halides is 3. The molecule has 2 fully saturated rings. The first kappa shape index (κ1) is 28.4. The number of hydrogen-bond donors (Lipinski definition) is 3. The van der Waals surface area contributed by atoms with Crippen molar-refractivity contribution in [2.75, 3.05) is 43.4 Å². The number of aromatic nitrogens is 3. The first-order valence-corrected chi connectivity index (χ1v) is 14.9. The Kier molecular flexibility index (Phi) is 7.62. The van der Waals surface area contributed by atoms with Crippen molar-refractivity contribution in [3.8, 4) is 0 Å². The molecular weight excluding hydrogens is 571 g/mol. The molecular formula is C24H28F3N7O4S2. The molecule has 3 heterocycles. The Morgan fingerprint density at radius 3 is 2.50 bits per heavy atom. The van der Waals surface area contributed by atoms with E-state index in [-0.39, 0.29) is 45.6 Å². The predicted octanol–water partition coefficient (Wildman–Crippen LogP) is 4.19. The van der Waals surface area contributed by atoms with Crippen molar-refractivity contribution < 1.29 is 31.5 Å². The number of hydrogen-bond acceptors (Lipinski definition) is 9. The number of benzene rings is 1. The minimum Gasteiger partial charge on any atom is -0.465 e. The number of rotatable bonds is 8. The molecule has 1 aliphatic carbocycles. The summed E-state index contributed by atoms with van der Waals surface area (Å²) in [4.78, 5) is 25.8. The molecule has 0 radical (unpaired) electrons. The van der Waals surface area contributed by atoms with Gasteiger partial charge >= 0.3 is 12.3 Å². The van der Waals surface area contributed by atoms with E-state index < -0.39 is 27.9 Å². The number of nitrogens with zero attached hydrogens (tertiary/aromatic N) is 5. The minimum absolute atomic E-state index is 0.0000623. The van der Waals surface area contributed by atoms with Crippen molar-refractivity contribution in [3.05, 3.63) is 35.3 Å². The first-order valence-electron chi connectivity index (χ1n) is 12.7. The lowest BCUT2D eigenvalue weighted by atomic mass is 10.1. The molecule has 216 valence electrons. The maximum Gasteiger partial charge on any atom is 0.418 e. The molecule has 1 saturated carbocycles. The van der Waals surface area contributed by atoms with Gasteiger partial charge in [0, 0.05) is 50.1 Å². The topological polar surface area (TPSA) is 141 Å². The van der Waals surface area contributed by atoms with Crippen molar-refractivity contribution in [2.24, 2.45) is 0 Å². The van der Waals surface area contributed by atoms with Gasteiger partial charge in [-0.15, -0.1) is 0 Å². The third-order valence-corrected chi connectivity index (χ3v) is 10.3. The highest BCUT2D eigenvalue weighted by atomic mass is 32.2. The number of halogens is 3. The normalized spacial score (nSPS) is 18.1. The monoisotopic (exact) mass is 599 g/mol. The number of fused-ring (bicyclic) bond motifs is 1. The van der Waals surface area contributed by atoms with Crippen molar-refractivity contribution in [1.29, 1.82) is 0 Å². The second kappa shape index (κ2) is 10.7. The van der Waals surface area contributed by atoms with E-state index in [1.54, 1.807) is 6.07 Å². The van der Waals surface area contributed by atoms with Gasteiger partial charge in [0.05, 0.1) is 16.8 Å². The molecule has 0 bridgehead atoms. The van der Waals surface area contributed by atoms with Crippen molar-refractivity contribution >= 4 is 49.3 Å². The predicted molar refractivity (Wildman–Crippen MR) is 143 cm³/mol. The number of piperazine rings is 1. The number of para-hydroxylation sites is 1. The number of carboxylic acid groups (broad SMARTS) is 1. The Morgan fingerprint density at radius 2 is 1.88 bits per heavy atom. The highest BCUT2D eigenvalue weighted by Gasteiger charge is 2.36. The minimum atomic E-state index is -4.54. The van der Waals surface area contributed by atoms with Gasteiger partial charge in [0.1, 0.15) is 11.6 Å². The number of anilines is 2. The standard InChI is InChI=1S/C24H28F3N7O4S2/c1-13(28-20-16-4-3-5-17(24(25,26)27)18(16)30-19(31-20)15-6-7-15)12-33-8-10-34(11-9-33)40(37,38)21-14(2)29-22(39-21)32-23(35)36/h3-5,13,15H,6-12H2,1-2H3,(H,29,32)(H,35,36)(H,28,30,31). The van der Waals surface area contributed by atoms with Crippen molar-refractivity contribution in [2.45, 2.75) is 49.0 Å². The van der Waals surface area contributed by atoms with Crippen LogP contribution < -0.4 is 10.6 Å². The van der Waals surface area contributed by atoms with Crippen LogP contribution in [0.5, 0.6) is 0 Å². The number of amides is 1. The summed E-state index contributed by atoms with van der Waals surface area (Å²) in [6.07, 6.45) is -4.17. The van der Waals surface area contributed by atoms with Crippen LogP contribution in [0.2, 0.25) is 0 Å². The summed E-state index contributed by atoms with van der Waals surface area (Å²) in [6.45, 7) is 5.28. The van der Waals surface area contributed by atoms with Crippen LogP contribution in [0.1, 0.15) is 42.8 Å². The molecule has 2 aromatic heterocycles. The van der Waals surface area contributed by atoms with Gasteiger partial charge in [-0.2, -0.15) is 17.5 Å². The zero-order valence-corrected chi connectivity index (χ0v) is 23.3. The van der Waals surface area contributed by atoms with Crippen LogP contribution in [0.25, 0.3) is 10.9 Å². The van der Waals surface area contributed by atoms with Gasteiger partial charge in [0.2, 0.25) is 0 Å². The van der Waals surface area contributed by atoms with E-state index in [9.17, 15) is 26.4 Å². The number of nitrogens with one attached hydrogen (secondary N) is 2. The lowest BCUT2D eigenvalue weighted by Crippen LogP contribution is -2.50. The fraction of sp³-hybridized carbons (Fsp3) is 0.500. The number of carbonyl (C=O) groups is 1. The molecule has 1 atom stereocenters. The largest absolute Gasteiger partial charge is 0.465 e. The summed E-state index contributed by atoms with van der Waals surface area (Å²) in [6, 6.07) is 3.77. The fourth-order valence-corrected chi connectivity index (χ4v) is 7.70. The Labute approximate surface area is 232 Å². The van der Waals surface area contributed by atoms with Gasteiger partial charge in [-0.25, -0.2) is 28.2 Å². The SMILES string of the molecule is Cc1nc(NC(=O)O)sc1S(=O)(=O)N1CCN(CC(C)Nc2nc(C3CC3)nc3c(C(F)(F)F)cccc23)CC1. The summed E-state index contributed by atoms with van der Waals surface area (Å²) in [5, 5.41) is 14.5. The Hall–Kier alpha value is -3.08. The van der Waals surface area contributed by atoms with Crippen molar-refractivity contribution in [1.82, 2.24) is 24.2 Å². The van der Waals surface area contributed by atoms with Crippen LogP contribution in [0.4, 0.5) is 28.9 Å². The zero-order valence-electron chi connectivity index (χ0n) is 21.7. The number of aryl methyl sites for hydroxylation is 1. The molecule has 3 aromatic rings. The van der Waals surface area contributed by atoms with E-state index in [0.29, 0.717) is 36.7 Å². The van der Waals surface area contributed by atoms with Gasteiger partial charge in [-0.05, 0) is 38.8 Å². The second-order valence-electron chi connectivity index (χ2n) is 9.98. The Morgan fingerprint density at radius 1 is 1.18 bits per heavy atom. The van der Waals surface area contributed by atoms with E-state index in [4.69, 9.17) is 5.11 Å². The zero-order chi connectivity index (χ0) is 28.8. The lowest BCUT2D eigenvalue weighted by molar-refractivity contribution is -0.136. The average molecular weight is 600 g/mol. The molecule has 0 spiro atoms. The van der Waals surface area contributed by atoms with E-state index in [1.807, 2.05) is 6.92 Å². The summed E-state index contributed by atoms with van der Waals surface area (Å²) >= 11 is 0.773. The van der Waals surface area contributed by atoms with Crippen LogP contribution in [0.3, 0.4) is 0 Å². The van der Waals surface area contributed by atoms with Crippen LogP contribution in [-0.4, -0.2) is 82.5 Å². The highest BCUT2D eigenvalue weighted by molar-refractivity contribution is 7.91. The van der Waals surface area contributed by atoms with E-state index in [1.165, 1.54) is 17.3 Å². The molecule has 1 saturated heterocycles. The van der Waals surface area contributed by atoms with Crippen LogP contribution in [0, 0.1) is 6.92 Å². The molecule has 11 nitrogen and oxygen atoms in total. The maximum absolute atomic E-state index is 13.7.